The topological polar surface area (TPSA) is 82.5 Å². The molecule has 0 unspecified atom stereocenters. The first kappa shape index (κ1) is 12.3. The molecule has 0 aromatic heterocycles. The van der Waals surface area contributed by atoms with Gasteiger partial charge < -0.3 is 24.8 Å². The molecule has 4 rings (SSSR count). The molecule has 3 N–H and O–H groups in total. The lowest BCUT2D eigenvalue weighted by Crippen LogP contribution is -2.69. The average Bonchev–Trinajstić information content (AvgIpc) is 3.15. The van der Waals surface area contributed by atoms with Crippen LogP contribution >= 0.6 is 0 Å². The Bertz CT molecular complexity index is 470. The largest absolute Gasteiger partial charge is 0.390 e. The molecule has 4 aliphatic rings. The summed E-state index contributed by atoms with van der Waals surface area (Å²) in [5.41, 5.74) is -1.62. The SMILES string of the molecule is CC1=C[C@H]2O[C@@H]3[C@H](O)[C@@H](O)[C@](C)([C@@]2(O)CC1)[C@]31CO1. The van der Waals surface area contributed by atoms with Gasteiger partial charge in [0.25, 0.3) is 0 Å². The molecule has 1 spiro atoms. The van der Waals surface area contributed by atoms with Gasteiger partial charge in [-0.1, -0.05) is 18.6 Å². The zero-order chi connectivity index (χ0) is 13.6. The summed E-state index contributed by atoms with van der Waals surface area (Å²) in [6, 6.07) is 0. The van der Waals surface area contributed by atoms with E-state index in [2.05, 4.69) is 0 Å². The summed E-state index contributed by atoms with van der Waals surface area (Å²) in [4.78, 5) is 0. The Balaban J connectivity index is 1.90. The first-order valence-electron chi connectivity index (χ1n) is 6.92. The lowest BCUT2D eigenvalue weighted by molar-refractivity contribution is -0.252. The summed E-state index contributed by atoms with van der Waals surface area (Å²) in [7, 11) is 0. The molecule has 106 valence electrons. The van der Waals surface area contributed by atoms with Crippen LogP contribution in [-0.2, 0) is 9.47 Å². The van der Waals surface area contributed by atoms with Gasteiger partial charge >= 0.3 is 0 Å². The monoisotopic (exact) mass is 268 g/mol. The highest BCUT2D eigenvalue weighted by Crippen LogP contribution is 2.67. The van der Waals surface area contributed by atoms with Crippen molar-refractivity contribution >= 4 is 0 Å². The number of ether oxygens (including phenoxy) is 2. The molecule has 2 saturated heterocycles. The zero-order valence-corrected chi connectivity index (χ0v) is 11.2. The number of hydrogen-bond donors (Lipinski definition) is 3. The van der Waals surface area contributed by atoms with E-state index in [0.29, 0.717) is 13.0 Å². The first-order chi connectivity index (χ1) is 8.87. The third-order valence-corrected chi connectivity index (χ3v) is 6.02. The maximum atomic E-state index is 11.2. The highest BCUT2D eigenvalue weighted by Gasteiger charge is 2.84. The lowest BCUT2D eigenvalue weighted by Gasteiger charge is -2.55. The van der Waals surface area contributed by atoms with Crippen LogP contribution in [0, 0.1) is 5.41 Å². The summed E-state index contributed by atoms with van der Waals surface area (Å²) in [6.07, 6.45) is 0.165. The molecule has 0 aromatic carbocycles. The molecule has 19 heavy (non-hydrogen) atoms. The predicted octanol–water partition coefficient (Wildman–Crippen LogP) is -0.264. The molecule has 2 bridgehead atoms. The van der Waals surface area contributed by atoms with E-state index in [1.54, 1.807) is 0 Å². The van der Waals surface area contributed by atoms with Gasteiger partial charge in [-0.2, -0.15) is 0 Å². The highest BCUT2D eigenvalue weighted by molar-refractivity contribution is 5.35. The number of aliphatic hydroxyl groups excluding tert-OH is 2. The van der Waals surface area contributed by atoms with Crippen molar-refractivity contribution in [3.05, 3.63) is 11.6 Å². The normalized spacial score (nSPS) is 62.9. The Morgan fingerprint density at radius 2 is 2.05 bits per heavy atom. The number of fused-ring (bicyclic) bond motifs is 2. The van der Waals surface area contributed by atoms with Crippen LogP contribution in [-0.4, -0.2) is 57.5 Å². The van der Waals surface area contributed by atoms with Gasteiger partial charge in [-0.05, 0) is 19.8 Å². The van der Waals surface area contributed by atoms with Crippen molar-refractivity contribution in [1.29, 1.82) is 0 Å². The van der Waals surface area contributed by atoms with Gasteiger partial charge in [0, 0.05) is 0 Å². The number of epoxide rings is 1. The van der Waals surface area contributed by atoms with Crippen molar-refractivity contribution < 1.29 is 24.8 Å². The third kappa shape index (κ3) is 1.08. The van der Waals surface area contributed by atoms with Crippen LogP contribution in [0.1, 0.15) is 26.7 Å². The van der Waals surface area contributed by atoms with Gasteiger partial charge in [0.2, 0.25) is 0 Å². The Kier molecular flexibility index (Phi) is 2.09. The van der Waals surface area contributed by atoms with E-state index in [1.807, 2.05) is 19.9 Å². The Labute approximate surface area is 111 Å². The molecular formula is C14H20O5. The zero-order valence-electron chi connectivity index (χ0n) is 11.2. The van der Waals surface area contributed by atoms with Crippen molar-refractivity contribution in [3.8, 4) is 0 Å². The van der Waals surface area contributed by atoms with E-state index in [1.165, 1.54) is 5.57 Å². The molecule has 1 saturated carbocycles. The Morgan fingerprint density at radius 3 is 2.68 bits per heavy atom. The van der Waals surface area contributed by atoms with Gasteiger partial charge in [0.15, 0.2) is 0 Å². The summed E-state index contributed by atoms with van der Waals surface area (Å²) < 4.78 is 11.5. The van der Waals surface area contributed by atoms with Gasteiger partial charge in [-0.3, -0.25) is 0 Å². The number of hydrogen-bond acceptors (Lipinski definition) is 5. The second-order valence-corrected chi connectivity index (χ2v) is 6.73. The van der Waals surface area contributed by atoms with Gasteiger partial charge in [-0.25, -0.2) is 0 Å². The van der Waals surface area contributed by atoms with E-state index in [-0.39, 0.29) is 0 Å². The van der Waals surface area contributed by atoms with Gasteiger partial charge in [0.05, 0.1) is 18.1 Å². The van der Waals surface area contributed by atoms with Crippen LogP contribution in [0.2, 0.25) is 0 Å². The minimum Gasteiger partial charge on any atom is -0.390 e. The van der Waals surface area contributed by atoms with Crippen LogP contribution in [0.3, 0.4) is 0 Å². The fraction of sp³-hybridized carbons (Fsp3) is 0.857. The van der Waals surface area contributed by atoms with Crippen molar-refractivity contribution in [3.63, 3.8) is 0 Å². The fourth-order valence-corrected chi connectivity index (χ4v) is 4.56. The van der Waals surface area contributed by atoms with Crippen molar-refractivity contribution in [2.45, 2.75) is 62.3 Å². The van der Waals surface area contributed by atoms with Crippen molar-refractivity contribution in [2.75, 3.05) is 6.61 Å². The van der Waals surface area contributed by atoms with E-state index in [0.717, 1.165) is 6.42 Å². The van der Waals surface area contributed by atoms with Gasteiger partial charge in [0.1, 0.15) is 29.5 Å². The second kappa shape index (κ2) is 3.23. The standard InChI is InChI=1S/C14H20O5/c1-7-3-4-13(17)8(5-7)19-11-9(15)10(16)12(13,2)14(11)6-18-14/h5,8-11,15-17H,3-4,6H2,1-2H3/t8-,9-,10-,11-,12-,13-,14+/m1/s1. The minimum atomic E-state index is -1.18. The number of aliphatic hydroxyl groups is 3. The molecule has 5 heteroatoms. The minimum absolute atomic E-state index is 0.431. The second-order valence-electron chi connectivity index (χ2n) is 6.73. The molecule has 2 heterocycles. The molecule has 2 aliphatic carbocycles. The smallest absolute Gasteiger partial charge is 0.131 e. The fourth-order valence-electron chi connectivity index (χ4n) is 4.56. The van der Waals surface area contributed by atoms with E-state index >= 15 is 0 Å². The highest BCUT2D eigenvalue weighted by atomic mass is 16.6. The third-order valence-electron chi connectivity index (χ3n) is 6.02. The van der Waals surface area contributed by atoms with Crippen molar-refractivity contribution in [2.24, 2.45) is 5.41 Å². The quantitative estimate of drug-likeness (QED) is 0.416. The van der Waals surface area contributed by atoms with E-state index in [4.69, 9.17) is 9.47 Å². The van der Waals surface area contributed by atoms with Crippen LogP contribution < -0.4 is 0 Å². The number of allylic oxidation sites excluding steroid dienone is 1. The van der Waals surface area contributed by atoms with Crippen LogP contribution in [0.25, 0.3) is 0 Å². The predicted molar refractivity (Wildman–Crippen MR) is 65.4 cm³/mol. The number of rotatable bonds is 0. The summed E-state index contributed by atoms with van der Waals surface area (Å²) in [6.45, 7) is 4.27. The maximum absolute atomic E-state index is 11.2. The molecular weight excluding hydrogens is 248 g/mol. The molecule has 3 fully saturated rings. The molecule has 5 nitrogen and oxygen atoms in total. The van der Waals surface area contributed by atoms with Crippen LogP contribution in [0.4, 0.5) is 0 Å². The van der Waals surface area contributed by atoms with E-state index in [9.17, 15) is 15.3 Å². The summed E-state index contributed by atoms with van der Waals surface area (Å²) in [5, 5.41) is 31.9. The summed E-state index contributed by atoms with van der Waals surface area (Å²) in [5.74, 6) is 0. The molecule has 7 atom stereocenters. The van der Waals surface area contributed by atoms with Crippen LogP contribution in [0.15, 0.2) is 11.6 Å². The molecule has 2 aliphatic heterocycles. The first-order valence-corrected chi connectivity index (χ1v) is 6.92. The Hall–Kier alpha value is -0.460. The maximum Gasteiger partial charge on any atom is 0.131 e. The summed E-state index contributed by atoms with van der Waals surface area (Å²) >= 11 is 0. The van der Waals surface area contributed by atoms with Crippen molar-refractivity contribution in [1.82, 2.24) is 0 Å². The van der Waals surface area contributed by atoms with Gasteiger partial charge in [-0.15, -0.1) is 0 Å². The lowest BCUT2D eigenvalue weighted by atomic mass is 9.58. The van der Waals surface area contributed by atoms with E-state index < -0.39 is 41.0 Å². The molecule has 0 radical (unpaired) electrons. The molecule has 0 aromatic rings. The molecule has 0 amide bonds. The Morgan fingerprint density at radius 1 is 1.37 bits per heavy atom. The van der Waals surface area contributed by atoms with Crippen LogP contribution in [0.5, 0.6) is 0 Å². The average molecular weight is 268 g/mol.